The number of halogens is 1. The molecule has 0 heterocycles. The van der Waals surface area contributed by atoms with Gasteiger partial charge in [-0.2, -0.15) is 0 Å². The molecular formula is C20H27ClN2O2. The molecule has 136 valence electrons. The molecule has 5 heteroatoms. The van der Waals surface area contributed by atoms with Crippen LogP contribution in [-0.2, 0) is 9.59 Å². The number of hydrogen-bond acceptors (Lipinski definition) is 2. The number of carbonyl (C=O) groups excluding carboxylic acids is 2. The SMILES string of the molecule is Cc1cc(Cl)ccc1NC(=O)C(C)(C)C(=O)NCCC1=CCCCC1. The van der Waals surface area contributed by atoms with Gasteiger partial charge in [0.25, 0.3) is 0 Å². The van der Waals surface area contributed by atoms with E-state index >= 15 is 0 Å². The molecule has 0 aromatic heterocycles. The fourth-order valence-corrected chi connectivity index (χ4v) is 3.06. The molecule has 2 N–H and O–H groups in total. The maximum absolute atomic E-state index is 12.6. The van der Waals surface area contributed by atoms with Crippen LogP contribution in [0.3, 0.4) is 0 Å². The first-order chi connectivity index (χ1) is 11.8. The number of aryl methyl sites for hydroxylation is 1. The lowest BCUT2D eigenvalue weighted by Gasteiger charge is -2.23. The Morgan fingerprint density at radius 2 is 1.96 bits per heavy atom. The van der Waals surface area contributed by atoms with E-state index in [2.05, 4.69) is 16.7 Å². The molecule has 1 aliphatic carbocycles. The van der Waals surface area contributed by atoms with Crippen molar-refractivity contribution in [1.29, 1.82) is 0 Å². The van der Waals surface area contributed by atoms with E-state index in [9.17, 15) is 9.59 Å². The highest BCUT2D eigenvalue weighted by atomic mass is 35.5. The van der Waals surface area contributed by atoms with Gasteiger partial charge in [0.1, 0.15) is 5.41 Å². The van der Waals surface area contributed by atoms with Crippen molar-refractivity contribution in [2.24, 2.45) is 5.41 Å². The second-order valence-electron chi connectivity index (χ2n) is 7.15. The molecule has 1 aliphatic rings. The minimum Gasteiger partial charge on any atom is -0.355 e. The number of benzene rings is 1. The van der Waals surface area contributed by atoms with E-state index < -0.39 is 5.41 Å². The molecule has 0 saturated carbocycles. The largest absolute Gasteiger partial charge is 0.355 e. The number of rotatable bonds is 6. The first kappa shape index (κ1) is 19.5. The molecule has 0 atom stereocenters. The molecule has 0 aliphatic heterocycles. The van der Waals surface area contributed by atoms with Gasteiger partial charge in [-0.3, -0.25) is 9.59 Å². The zero-order valence-electron chi connectivity index (χ0n) is 15.2. The molecule has 4 nitrogen and oxygen atoms in total. The molecule has 1 aromatic rings. The Hall–Kier alpha value is -1.81. The lowest BCUT2D eigenvalue weighted by Crippen LogP contribution is -2.45. The summed E-state index contributed by atoms with van der Waals surface area (Å²) in [6.07, 6.45) is 7.88. The van der Waals surface area contributed by atoms with Crippen LogP contribution < -0.4 is 10.6 Å². The predicted molar refractivity (Wildman–Crippen MR) is 103 cm³/mol. The van der Waals surface area contributed by atoms with Crippen LogP contribution in [0.15, 0.2) is 29.8 Å². The number of anilines is 1. The van der Waals surface area contributed by atoms with Crippen molar-refractivity contribution < 1.29 is 9.59 Å². The molecule has 0 fully saturated rings. The zero-order valence-corrected chi connectivity index (χ0v) is 16.0. The number of hydrogen-bond donors (Lipinski definition) is 2. The fourth-order valence-electron chi connectivity index (χ4n) is 2.84. The summed E-state index contributed by atoms with van der Waals surface area (Å²) in [7, 11) is 0. The van der Waals surface area contributed by atoms with E-state index in [0.29, 0.717) is 17.3 Å². The minimum atomic E-state index is -1.15. The average molecular weight is 363 g/mol. The summed E-state index contributed by atoms with van der Waals surface area (Å²) >= 11 is 5.93. The Morgan fingerprint density at radius 3 is 2.60 bits per heavy atom. The van der Waals surface area contributed by atoms with Crippen molar-refractivity contribution in [1.82, 2.24) is 5.32 Å². The van der Waals surface area contributed by atoms with E-state index in [4.69, 9.17) is 11.6 Å². The molecule has 1 aromatic carbocycles. The molecular weight excluding hydrogens is 336 g/mol. The molecule has 0 saturated heterocycles. The summed E-state index contributed by atoms with van der Waals surface area (Å²) in [4.78, 5) is 25.0. The van der Waals surface area contributed by atoms with E-state index in [-0.39, 0.29) is 11.8 Å². The second-order valence-corrected chi connectivity index (χ2v) is 7.59. The Balaban J connectivity index is 1.90. The third-order valence-electron chi connectivity index (χ3n) is 4.69. The highest BCUT2D eigenvalue weighted by Gasteiger charge is 2.36. The molecule has 0 unspecified atom stereocenters. The monoisotopic (exact) mass is 362 g/mol. The average Bonchev–Trinajstić information content (AvgIpc) is 2.58. The van der Waals surface area contributed by atoms with Crippen LogP contribution in [-0.4, -0.2) is 18.4 Å². The molecule has 0 bridgehead atoms. The Morgan fingerprint density at radius 1 is 1.20 bits per heavy atom. The van der Waals surface area contributed by atoms with Crippen LogP contribution >= 0.6 is 11.6 Å². The summed E-state index contributed by atoms with van der Waals surface area (Å²) in [6, 6.07) is 5.25. The van der Waals surface area contributed by atoms with Gasteiger partial charge < -0.3 is 10.6 Å². The maximum atomic E-state index is 12.6. The van der Waals surface area contributed by atoms with Crippen molar-refractivity contribution >= 4 is 29.1 Å². The van der Waals surface area contributed by atoms with Gasteiger partial charge in [-0.15, -0.1) is 0 Å². The third kappa shape index (κ3) is 5.33. The number of carbonyl (C=O) groups is 2. The van der Waals surface area contributed by atoms with Gasteiger partial charge in [0.2, 0.25) is 11.8 Å². The third-order valence-corrected chi connectivity index (χ3v) is 4.92. The zero-order chi connectivity index (χ0) is 18.4. The van der Waals surface area contributed by atoms with Gasteiger partial charge in [-0.25, -0.2) is 0 Å². The van der Waals surface area contributed by atoms with E-state index in [1.54, 1.807) is 32.0 Å². The van der Waals surface area contributed by atoms with Crippen LogP contribution in [0, 0.1) is 12.3 Å². The summed E-state index contributed by atoms with van der Waals surface area (Å²) in [6.45, 7) is 5.72. The molecule has 2 amide bonds. The van der Waals surface area contributed by atoms with Crippen molar-refractivity contribution in [3.05, 3.63) is 40.4 Å². The summed E-state index contributed by atoms with van der Waals surface area (Å²) in [5, 5.41) is 6.34. The molecule has 2 rings (SSSR count). The molecule has 25 heavy (non-hydrogen) atoms. The van der Waals surface area contributed by atoms with Crippen LogP contribution in [0.25, 0.3) is 0 Å². The van der Waals surface area contributed by atoms with Crippen LogP contribution in [0.1, 0.15) is 51.5 Å². The number of allylic oxidation sites excluding steroid dienone is 1. The van der Waals surface area contributed by atoms with Crippen LogP contribution in [0.5, 0.6) is 0 Å². The van der Waals surface area contributed by atoms with E-state index in [0.717, 1.165) is 24.8 Å². The highest BCUT2D eigenvalue weighted by Crippen LogP contribution is 2.24. The lowest BCUT2D eigenvalue weighted by atomic mass is 9.90. The van der Waals surface area contributed by atoms with Gasteiger partial charge in [-0.05, 0) is 76.6 Å². The highest BCUT2D eigenvalue weighted by molar-refractivity contribution is 6.30. The summed E-state index contributed by atoms with van der Waals surface area (Å²) < 4.78 is 0. The Bertz CT molecular complexity index is 680. The Kier molecular flexibility index (Phi) is 6.65. The van der Waals surface area contributed by atoms with Gasteiger partial charge in [0, 0.05) is 17.3 Å². The topological polar surface area (TPSA) is 58.2 Å². The van der Waals surface area contributed by atoms with Gasteiger partial charge >= 0.3 is 0 Å². The van der Waals surface area contributed by atoms with Gasteiger partial charge in [0.15, 0.2) is 0 Å². The molecule has 0 radical (unpaired) electrons. The standard InChI is InChI=1S/C20H27ClN2O2/c1-14-13-16(21)9-10-17(14)23-19(25)20(2,3)18(24)22-12-11-15-7-5-4-6-8-15/h7,9-10,13H,4-6,8,11-12H2,1-3H3,(H,22,24)(H,23,25). The Labute approximate surface area is 155 Å². The van der Waals surface area contributed by atoms with Crippen LogP contribution in [0.2, 0.25) is 5.02 Å². The fraction of sp³-hybridized carbons (Fsp3) is 0.500. The lowest BCUT2D eigenvalue weighted by molar-refractivity contribution is -0.138. The van der Waals surface area contributed by atoms with Crippen molar-refractivity contribution in [2.75, 3.05) is 11.9 Å². The van der Waals surface area contributed by atoms with Crippen molar-refractivity contribution in [3.8, 4) is 0 Å². The van der Waals surface area contributed by atoms with Crippen molar-refractivity contribution in [2.45, 2.75) is 52.9 Å². The number of nitrogens with one attached hydrogen (secondary N) is 2. The molecule has 0 spiro atoms. The van der Waals surface area contributed by atoms with Crippen LogP contribution in [0.4, 0.5) is 5.69 Å². The quantitative estimate of drug-likeness (QED) is 0.573. The van der Waals surface area contributed by atoms with E-state index in [1.807, 2.05) is 6.92 Å². The van der Waals surface area contributed by atoms with Gasteiger partial charge in [-0.1, -0.05) is 23.3 Å². The second kappa shape index (κ2) is 8.52. The summed E-state index contributed by atoms with van der Waals surface area (Å²) in [5.41, 5.74) is 1.79. The normalized spacial score (nSPS) is 14.6. The van der Waals surface area contributed by atoms with Gasteiger partial charge in [0.05, 0.1) is 0 Å². The smallest absolute Gasteiger partial charge is 0.239 e. The minimum absolute atomic E-state index is 0.256. The number of amides is 2. The van der Waals surface area contributed by atoms with Crippen molar-refractivity contribution in [3.63, 3.8) is 0 Å². The first-order valence-corrected chi connectivity index (χ1v) is 9.22. The first-order valence-electron chi connectivity index (χ1n) is 8.84. The van der Waals surface area contributed by atoms with E-state index in [1.165, 1.54) is 18.4 Å². The summed E-state index contributed by atoms with van der Waals surface area (Å²) in [5.74, 6) is -0.583. The predicted octanol–water partition coefficient (Wildman–Crippen LogP) is 4.62. The maximum Gasteiger partial charge on any atom is 0.239 e.